The van der Waals surface area contributed by atoms with E-state index in [0.29, 0.717) is 18.4 Å². The second-order valence-corrected chi connectivity index (χ2v) is 3.02. The third-order valence-electron chi connectivity index (χ3n) is 1.97. The van der Waals surface area contributed by atoms with Gasteiger partial charge in [-0.3, -0.25) is 0 Å². The van der Waals surface area contributed by atoms with Crippen LogP contribution in [-0.2, 0) is 0 Å². The van der Waals surface area contributed by atoms with Crippen molar-refractivity contribution in [2.24, 2.45) is 5.73 Å². The lowest BCUT2D eigenvalue weighted by atomic mass is 10.0. The molecule has 0 aromatic heterocycles. The van der Waals surface area contributed by atoms with E-state index in [-0.39, 0.29) is 6.04 Å². The van der Waals surface area contributed by atoms with Gasteiger partial charge in [-0.15, -0.1) is 12.3 Å². The topological polar surface area (TPSA) is 26.0 Å². The lowest BCUT2D eigenvalue weighted by Gasteiger charge is -2.10. The zero-order valence-electron chi connectivity index (χ0n) is 7.63. The van der Waals surface area contributed by atoms with E-state index in [1.165, 1.54) is 6.07 Å². The van der Waals surface area contributed by atoms with Gasteiger partial charge in [-0.25, -0.2) is 8.78 Å². The van der Waals surface area contributed by atoms with Crippen LogP contribution in [0.2, 0.25) is 0 Å². The van der Waals surface area contributed by atoms with E-state index in [2.05, 4.69) is 5.92 Å². The Hall–Kier alpha value is -1.40. The van der Waals surface area contributed by atoms with Gasteiger partial charge in [0.15, 0.2) is 11.6 Å². The molecule has 1 atom stereocenters. The molecule has 0 aliphatic heterocycles. The fraction of sp³-hybridized carbons (Fsp3) is 0.273. The van der Waals surface area contributed by atoms with Gasteiger partial charge in [-0.1, -0.05) is 6.07 Å². The van der Waals surface area contributed by atoms with E-state index < -0.39 is 11.6 Å². The van der Waals surface area contributed by atoms with Crippen molar-refractivity contribution < 1.29 is 8.78 Å². The van der Waals surface area contributed by atoms with E-state index in [1.54, 1.807) is 0 Å². The van der Waals surface area contributed by atoms with Gasteiger partial charge in [0, 0.05) is 12.5 Å². The van der Waals surface area contributed by atoms with E-state index in [9.17, 15) is 8.78 Å². The van der Waals surface area contributed by atoms with Gasteiger partial charge in [0.2, 0.25) is 0 Å². The molecule has 0 bridgehead atoms. The van der Waals surface area contributed by atoms with Gasteiger partial charge in [-0.2, -0.15) is 0 Å². The molecule has 3 heteroatoms. The molecule has 0 aliphatic rings. The Morgan fingerprint density at radius 2 is 2.07 bits per heavy atom. The van der Waals surface area contributed by atoms with Crippen LogP contribution in [0.4, 0.5) is 8.78 Å². The summed E-state index contributed by atoms with van der Waals surface area (Å²) < 4.78 is 25.4. The monoisotopic (exact) mass is 195 g/mol. The van der Waals surface area contributed by atoms with Crippen LogP contribution in [0.15, 0.2) is 18.2 Å². The Morgan fingerprint density at radius 1 is 1.36 bits per heavy atom. The summed E-state index contributed by atoms with van der Waals surface area (Å²) in [6, 6.07) is 3.32. The van der Waals surface area contributed by atoms with Crippen LogP contribution in [-0.4, -0.2) is 0 Å². The summed E-state index contributed by atoms with van der Waals surface area (Å²) in [4.78, 5) is 0. The van der Waals surface area contributed by atoms with Crippen molar-refractivity contribution in [2.45, 2.75) is 18.9 Å². The summed E-state index contributed by atoms with van der Waals surface area (Å²) in [5.74, 6) is 0.707. The predicted octanol–water partition coefficient (Wildman–Crippen LogP) is 2.38. The number of hydrogen-bond acceptors (Lipinski definition) is 1. The lowest BCUT2D eigenvalue weighted by Crippen LogP contribution is -2.10. The van der Waals surface area contributed by atoms with E-state index in [0.717, 1.165) is 12.1 Å². The predicted molar refractivity (Wildman–Crippen MR) is 51.4 cm³/mol. The minimum atomic E-state index is -0.876. The highest BCUT2D eigenvalue weighted by Gasteiger charge is 2.08. The summed E-state index contributed by atoms with van der Waals surface area (Å²) >= 11 is 0. The quantitative estimate of drug-likeness (QED) is 0.736. The molecule has 74 valence electrons. The molecule has 1 aromatic rings. The van der Waals surface area contributed by atoms with Gasteiger partial charge in [0.25, 0.3) is 0 Å². The Bertz CT molecular complexity index is 355. The third-order valence-corrected chi connectivity index (χ3v) is 1.97. The fourth-order valence-corrected chi connectivity index (χ4v) is 1.15. The molecule has 2 N–H and O–H groups in total. The van der Waals surface area contributed by atoms with Crippen molar-refractivity contribution >= 4 is 0 Å². The second-order valence-electron chi connectivity index (χ2n) is 3.02. The van der Waals surface area contributed by atoms with Crippen LogP contribution in [0.5, 0.6) is 0 Å². The van der Waals surface area contributed by atoms with Gasteiger partial charge in [0.1, 0.15) is 0 Å². The molecule has 0 amide bonds. The molecule has 0 saturated heterocycles. The molecular formula is C11H11F2N. The van der Waals surface area contributed by atoms with Crippen LogP contribution in [0.25, 0.3) is 0 Å². The van der Waals surface area contributed by atoms with Crippen molar-refractivity contribution in [3.63, 3.8) is 0 Å². The van der Waals surface area contributed by atoms with Gasteiger partial charge < -0.3 is 5.73 Å². The SMILES string of the molecule is C#CCCC(N)c1ccc(F)c(F)c1. The van der Waals surface area contributed by atoms with Crippen LogP contribution in [0.3, 0.4) is 0 Å². The van der Waals surface area contributed by atoms with E-state index in [4.69, 9.17) is 12.2 Å². The standard InChI is InChI=1S/C11H11F2N/c1-2-3-4-11(14)8-5-6-9(12)10(13)7-8/h1,5-7,11H,3-4,14H2. The number of benzene rings is 1. The van der Waals surface area contributed by atoms with Gasteiger partial charge in [-0.05, 0) is 24.1 Å². The fourth-order valence-electron chi connectivity index (χ4n) is 1.15. The molecule has 1 nitrogen and oxygen atoms in total. The van der Waals surface area contributed by atoms with E-state index >= 15 is 0 Å². The number of hydrogen-bond donors (Lipinski definition) is 1. The maximum Gasteiger partial charge on any atom is 0.159 e. The van der Waals surface area contributed by atoms with Crippen LogP contribution in [0, 0.1) is 24.0 Å². The first kappa shape index (κ1) is 10.7. The minimum Gasteiger partial charge on any atom is -0.324 e. The van der Waals surface area contributed by atoms with Crippen LogP contribution < -0.4 is 5.73 Å². The Kier molecular flexibility index (Phi) is 3.61. The van der Waals surface area contributed by atoms with E-state index in [1.807, 2.05) is 0 Å². The first-order valence-electron chi connectivity index (χ1n) is 4.29. The molecule has 0 radical (unpaired) electrons. The molecule has 1 aromatic carbocycles. The van der Waals surface area contributed by atoms with Gasteiger partial charge >= 0.3 is 0 Å². The maximum absolute atomic E-state index is 12.8. The maximum atomic E-state index is 12.8. The molecule has 1 unspecified atom stereocenters. The summed E-state index contributed by atoms with van der Waals surface area (Å²) in [5, 5.41) is 0. The molecule has 0 saturated carbocycles. The number of nitrogens with two attached hydrogens (primary N) is 1. The smallest absolute Gasteiger partial charge is 0.159 e. The lowest BCUT2D eigenvalue weighted by molar-refractivity contribution is 0.504. The third kappa shape index (κ3) is 2.54. The number of rotatable bonds is 3. The molecule has 14 heavy (non-hydrogen) atoms. The van der Waals surface area contributed by atoms with Crippen LogP contribution >= 0.6 is 0 Å². The zero-order valence-corrected chi connectivity index (χ0v) is 7.63. The largest absolute Gasteiger partial charge is 0.324 e. The van der Waals surface area contributed by atoms with Gasteiger partial charge in [0.05, 0.1) is 0 Å². The normalized spacial score (nSPS) is 12.1. The highest BCUT2D eigenvalue weighted by molar-refractivity contribution is 5.21. The summed E-state index contributed by atoms with van der Waals surface area (Å²) in [5.41, 5.74) is 6.28. The average molecular weight is 195 g/mol. The highest BCUT2D eigenvalue weighted by Crippen LogP contribution is 2.17. The number of terminal acetylenes is 1. The van der Waals surface area contributed by atoms with Crippen molar-refractivity contribution in [1.29, 1.82) is 0 Å². The minimum absolute atomic E-state index is 0.332. The Labute approximate surface area is 81.9 Å². The number of halogens is 2. The average Bonchev–Trinajstić information content (AvgIpc) is 2.18. The zero-order chi connectivity index (χ0) is 10.6. The highest BCUT2D eigenvalue weighted by atomic mass is 19.2. The molecule has 0 aliphatic carbocycles. The summed E-state index contributed by atoms with van der Waals surface area (Å²) in [6.07, 6.45) is 6.17. The van der Waals surface area contributed by atoms with Crippen molar-refractivity contribution in [2.75, 3.05) is 0 Å². The first-order chi connectivity index (χ1) is 6.65. The second kappa shape index (κ2) is 4.73. The Balaban J connectivity index is 2.76. The molecule has 1 rings (SSSR count). The molecule has 0 heterocycles. The molecule has 0 spiro atoms. The molecular weight excluding hydrogens is 184 g/mol. The van der Waals surface area contributed by atoms with Crippen molar-refractivity contribution in [3.05, 3.63) is 35.4 Å². The Morgan fingerprint density at radius 3 is 2.64 bits per heavy atom. The molecule has 0 fully saturated rings. The summed E-state index contributed by atoms with van der Waals surface area (Å²) in [7, 11) is 0. The van der Waals surface area contributed by atoms with Crippen molar-refractivity contribution in [1.82, 2.24) is 0 Å². The van der Waals surface area contributed by atoms with Crippen LogP contribution in [0.1, 0.15) is 24.4 Å². The summed E-state index contributed by atoms with van der Waals surface area (Å²) in [6.45, 7) is 0. The first-order valence-corrected chi connectivity index (χ1v) is 4.29. The van der Waals surface area contributed by atoms with Crippen molar-refractivity contribution in [3.8, 4) is 12.3 Å².